The minimum Gasteiger partial charge on any atom is -0.369 e. The lowest BCUT2D eigenvalue weighted by molar-refractivity contribution is 0.0653. The van der Waals surface area contributed by atoms with Crippen LogP contribution in [0.15, 0.2) is 47.3 Å². The van der Waals surface area contributed by atoms with Crippen LogP contribution in [-0.2, 0) is 13.0 Å². The molecule has 2 heterocycles. The quantitative estimate of drug-likeness (QED) is 0.592. The third-order valence-electron chi connectivity index (χ3n) is 5.68. The van der Waals surface area contributed by atoms with Gasteiger partial charge in [0.15, 0.2) is 0 Å². The first kappa shape index (κ1) is 22.8. The number of nitrogens with zero attached hydrogens (tertiary/aromatic N) is 3. The highest BCUT2D eigenvalue weighted by Gasteiger charge is 2.31. The van der Waals surface area contributed by atoms with Crippen molar-refractivity contribution in [1.82, 2.24) is 19.8 Å². The van der Waals surface area contributed by atoms with Crippen LogP contribution in [0.25, 0.3) is 5.69 Å². The van der Waals surface area contributed by atoms with E-state index in [0.29, 0.717) is 44.5 Å². The van der Waals surface area contributed by atoms with Crippen molar-refractivity contribution >= 4 is 41.0 Å². The van der Waals surface area contributed by atoms with Crippen LogP contribution in [0.2, 0.25) is 10.0 Å². The zero-order valence-electron chi connectivity index (χ0n) is 17.9. The molecule has 2 aromatic carbocycles. The minimum atomic E-state index is -0.293. The number of aromatic nitrogens is 2. The molecule has 0 radical (unpaired) electrons. The molecule has 0 saturated carbocycles. The van der Waals surface area contributed by atoms with Gasteiger partial charge in [0.1, 0.15) is 0 Å². The molecular formula is C23H21Cl2N5O3. The molecular weight excluding hydrogens is 465 g/mol. The number of anilines is 1. The molecule has 8 nitrogen and oxygen atoms in total. The maximum Gasteiger partial charge on any atom is 0.263 e. The SMILES string of the molecule is CNC(=O)c1ccc(-n2c(N)nc3c(c2=O)C[C@@H](C)N(C(=O)c2ccc(Cl)c(Cl)c2)C3)cc1. The van der Waals surface area contributed by atoms with E-state index in [9.17, 15) is 14.4 Å². The Balaban J connectivity index is 1.68. The van der Waals surface area contributed by atoms with Crippen molar-refractivity contribution in [3.05, 3.63) is 85.2 Å². The smallest absolute Gasteiger partial charge is 0.263 e. The predicted molar refractivity (Wildman–Crippen MR) is 127 cm³/mol. The fourth-order valence-electron chi connectivity index (χ4n) is 3.90. The van der Waals surface area contributed by atoms with Crippen molar-refractivity contribution in [3.63, 3.8) is 0 Å². The van der Waals surface area contributed by atoms with Crippen molar-refractivity contribution in [3.8, 4) is 5.69 Å². The van der Waals surface area contributed by atoms with Gasteiger partial charge in [0.25, 0.3) is 17.4 Å². The number of halogens is 2. The van der Waals surface area contributed by atoms with Crippen LogP contribution in [-0.4, -0.2) is 39.4 Å². The van der Waals surface area contributed by atoms with Gasteiger partial charge in [0, 0.05) is 29.8 Å². The van der Waals surface area contributed by atoms with Crippen LogP contribution >= 0.6 is 23.2 Å². The second-order valence-corrected chi connectivity index (χ2v) is 8.59. The summed E-state index contributed by atoms with van der Waals surface area (Å²) in [5.74, 6) is -0.463. The molecule has 3 N–H and O–H groups in total. The summed E-state index contributed by atoms with van der Waals surface area (Å²) in [6.45, 7) is 2.02. The number of carbonyl (C=O) groups excluding carboxylic acids is 2. The summed E-state index contributed by atoms with van der Waals surface area (Å²) < 4.78 is 1.32. The molecule has 170 valence electrons. The summed E-state index contributed by atoms with van der Waals surface area (Å²) in [6, 6.07) is 11.0. The standard InChI is InChI=1S/C23H21Cl2N5O3/c1-12-9-16-19(11-29(12)21(32)14-5-8-17(24)18(25)10-14)28-23(26)30(22(16)33)15-6-3-13(4-7-15)20(31)27-2/h3-8,10,12H,9,11H2,1-2H3,(H2,26,28)(H,27,31)/t12-/m1/s1. The number of rotatable bonds is 3. The van der Waals surface area contributed by atoms with Crippen LogP contribution in [0, 0.1) is 0 Å². The van der Waals surface area contributed by atoms with Gasteiger partial charge in [-0.1, -0.05) is 23.2 Å². The fourth-order valence-corrected chi connectivity index (χ4v) is 4.20. The average Bonchev–Trinajstić information content (AvgIpc) is 2.80. The number of hydrogen-bond acceptors (Lipinski definition) is 5. The van der Waals surface area contributed by atoms with Crippen LogP contribution in [0.4, 0.5) is 5.95 Å². The molecule has 33 heavy (non-hydrogen) atoms. The maximum absolute atomic E-state index is 13.3. The Morgan fingerprint density at radius 1 is 1.09 bits per heavy atom. The number of nitrogens with one attached hydrogen (secondary N) is 1. The van der Waals surface area contributed by atoms with Crippen LogP contribution in [0.5, 0.6) is 0 Å². The number of carbonyl (C=O) groups is 2. The molecule has 0 aliphatic carbocycles. The molecule has 1 atom stereocenters. The second-order valence-electron chi connectivity index (χ2n) is 7.78. The lowest BCUT2D eigenvalue weighted by atomic mass is 9.98. The van der Waals surface area contributed by atoms with E-state index in [2.05, 4.69) is 10.3 Å². The van der Waals surface area contributed by atoms with Crippen LogP contribution < -0.4 is 16.6 Å². The second kappa shape index (κ2) is 8.88. The van der Waals surface area contributed by atoms with Crippen molar-refractivity contribution in [1.29, 1.82) is 0 Å². The normalized spacial score (nSPS) is 15.2. The molecule has 1 aliphatic heterocycles. The molecule has 0 unspecified atom stereocenters. The first-order valence-electron chi connectivity index (χ1n) is 10.2. The van der Waals surface area contributed by atoms with Gasteiger partial charge in [-0.05, 0) is 55.8 Å². The molecule has 0 fully saturated rings. The van der Waals surface area contributed by atoms with Gasteiger partial charge >= 0.3 is 0 Å². The van der Waals surface area contributed by atoms with Gasteiger partial charge < -0.3 is 16.0 Å². The van der Waals surface area contributed by atoms with E-state index in [0.717, 1.165) is 0 Å². The molecule has 0 spiro atoms. The van der Waals surface area contributed by atoms with Crippen molar-refractivity contribution < 1.29 is 9.59 Å². The molecule has 0 bridgehead atoms. The van der Waals surface area contributed by atoms with Gasteiger partial charge in [0.2, 0.25) is 5.95 Å². The van der Waals surface area contributed by atoms with E-state index in [-0.39, 0.29) is 35.9 Å². The maximum atomic E-state index is 13.3. The number of fused-ring (bicyclic) bond motifs is 1. The monoisotopic (exact) mass is 485 g/mol. The van der Waals surface area contributed by atoms with Crippen LogP contribution in [0.3, 0.4) is 0 Å². The summed E-state index contributed by atoms with van der Waals surface area (Å²) >= 11 is 12.0. The Morgan fingerprint density at radius 3 is 2.39 bits per heavy atom. The van der Waals surface area contributed by atoms with E-state index in [1.54, 1.807) is 48.3 Å². The van der Waals surface area contributed by atoms with Gasteiger partial charge in [-0.3, -0.25) is 14.4 Å². The zero-order chi connectivity index (χ0) is 23.9. The Bertz CT molecular complexity index is 1320. The third kappa shape index (κ3) is 4.19. The number of nitrogen functional groups attached to an aromatic ring is 1. The summed E-state index contributed by atoms with van der Waals surface area (Å²) in [5.41, 5.74) is 8.18. The minimum absolute atomic E-state index is 0.00272. The third-order valence-corrected chi connectivity index (χ3v) is 6.42. The van der Waals surface area contributed by atoms with Gasteiger partial charge in [-0.15, -0.1) is 0 Å². The molecule has 1 aromatic heterocycles. The predicted octanol–water partition coefficient (Wildman–Crippen LogP) is 3.07. The highest BCUT2D eigenvalue weighted by atomic mass is 35.5. The highest BCUT2D eigenvalue weighted by molar-refractivity contribution is 6.42. The summed E-state index contributed by atoms with van der Waals surface area (Å²) in [5, 5.41) is 3.21. The Hall–Kier alpha value is -3.36. The molecule has 10 heteroatoms. The lowest BCUT2D eigenvalue weighted by Crippen LogP contribution is -2.46. The summed E-state index contributed by atoms with van der Waals surface area (Å²) in [4.78, 5) is 44.3. The largest absolute Gasteiger partial charge is 0.369 e. The highest BCUT2D eigenvalue weighted by Crippen LogP contribution is 2.27. The molecule has 4 rings (SSSR count). The van der Waals surface area contributed by atoms with Gasteiger partial charge in [-0.25, -0.2) is 9.55 Å². The first-order chi connectivity index (χ1) is 15.7. The molecule has 0 saturated heterocycles. The van der Waals surface area contributed by atoms with Gasteiger partial charge in [-0.2, -0.15) is 0 Å². The van der Waals surface area contributed by atoms with E-state index < -0.39 is 0 Å². The van der Waals surface area contributed by atoms with Crippen LogP contribution in [0.1, 0.15) is 38.9 Å². The van der Waals surface area contributed by atoms with E-state index in [1.165, 1.54) is 10.6 Å². The van der Waals surface area contributed by atoms with Crippen molar-refractivity contribution in [2.24, 2.45) is 0 Å². The lowest BCUT2D eigenvalue weighted by Gasteiger charge is -2.34. The Morgan fingerprint density at radius 2 is 1.76 bits per heavy atom. The number of hydrogen-bond donors (Lipinski definition) is 2. The van der Waals surface area contributed by atoms with E-state index in [1.807, 2.05) is 6.92 Å². The summed E-state index contributed by atoms with van der Waals surface area (Å²) in [7, 11) is 1.54. The van der Waals surface area contributed by atoms with E-state index >= 15 is 0 Å². The Labute approximate surface area is 199 Å². The summed E-state index contributed by atoms with van der Waals surface area (Å²) in [6.07, 6.45) is 0.324. The van der Waals surface area contributed by atoms with E-state index in [4.69, 9.17) is 28.9 Å². The zero-order valence-corrected chi connectivity index (χ0v) is 19.4. The number of nitrogens with two attached hydrogens (primary N) is 1. The van der Waals surface area contributed by atoms with Crippen molar-refractivity contribution in [2.45, 2.75) is 25.9 Å². The first-order valence-corrected chi connectivity index (χ1v) is 11.0. The number of benzene rings is 2. The molecule has 3 aromatic rings. The molecule has 1 aliphatic rings. The number of amides is 2. The molecule has 2 amide bonds. The van der Waals surface area contributed by atoms with Gasteiger partial charge in [0.05, 0.1) is 28.0 Å². The van der Waals surface area contributed by atoms with Crippen molar-refractivity contribution in [2.75, 3.05) is 12.8 Å². The topological polar surface area (TPSA) is 110 Å². The average molecular weight is 486 g/mol. The fraction of sp³-hybridized carbons (Fsp3) is 0.217. The Kier molecular flexibility index (Phi) is 6.14.